The van der Waals surface area contributed by atoms with E-state index in [0.717, 1.165) is 4.90 Å². The number of aliphatic imine (C=N–C) groups is 1. The molecule has 112 valence electrons. The number of benzene rings is 1. The zero-order valence-electron chi connectivity index (χ0n) is 11.4. The minimum absolute atomic E-state index is 0.188. The van der Waals surface area contributed by atoms with Gasteiger partial charge in [-0.1, -0.05) is 11.6 Å². The minimum Gasteiger partial charge on any atom is -0.861 e. The topological polar surface area (TPSA) is 74.6 Å². The Morgan fingerprint density at radius 3 is 2.95 bits per heavy atom. The molecule has 21 heavy (non-hydrogen) atoms. The highest BCUT2D eigenvalue weighted by Crippen LogP contribution is 2.20. The lowest BCUT2D eigenvalue weighted by atomic mass is 10.4. The standard InChI is InChI=1S/C13H14ClN3O3S/c1-19-7-6-17-8-13(20-16-17)15-12(18)9-21-11-4-2-10(14)3-5-11/h2-5,8H,6-7,9H2,1H3. The highest BCUT2D eigenvalue weighted by Gasteiger charge is 2.09. The Bertz CT molecular complexity index is 601. The number of hydrogen-bond donors (Lipinski definition) is 0. The number of nitrogens with zero attached hydrogens (tertiary/aromatic N) is 3. The first-order valence-electron chi connectivity index (χ1n) is 6.15. The highest BCUT2D eigenvalue weighted by molar-refractivity contribution is 8.00. The Balaban J connectivity index is 1.88. The second kappa shape index (κ2) is 8.02. The molecule has 0 aliphatic carbocycles. The van der Waals surface area contributed by atoms with Crippen LogP contribution in [0.3, 0.4) is 0 Å². The maximum absolute atomic E-state index is 11.7. The molecule has 2 rings (SSSR count). The van der Waals surface area contributed by atoms with Crippen molar-refractivity contribution in [2.24, 2.45) is 4.99 Å². The van der Waals surface area contributed by atoms with Crippen LogP contribution in [0.4, 0.5) is 5.88 Å². The SMILES string of the molecule is COCC[n+]1cc(/N=C(/[O-])CSc2ccc(Cl)cc2)on1. The van der Waals surface area contributed by atoms with Gasteiger partial charge in [-0.2, -0.15) is 0 Å². The molecule has 1 aromatic heterocycles. The Hall–Kier alpha value is -1.57. The van der Waals surface area contributed by atoms with Crippen LogP contribution >= 0.6 is 23.4 Å². The predicted octanol–water partition coefficient (Wildman–Crippen LogP) is 1.44. The molecule has 0 aliphatic heterocycles. The van der Waals surface area contributed by atoms with E-state index in [1.165, 1.54) is 16.4 Å². The van der Waals surface area contributed by atoms with Crippen molar-refractivity contribution in [3.8, 4) is 0 Å². The Morgan fingerprint density at radius 1 is 1.48 bits per heavy atom. The summed E-state index contributed by atoms with van der Waals surface area (Å²) in [6.07, 6.45) is 1.56. The van der Waals surface area contributed by atoms with Crippen LogP contribution in [0.25, 0.3) is 0 Å². The van der Waals surface area contributed by atoms with Gasteiger partial charge in [0, 0.05) is 22.8 Å². The molecular formula is C13H14ClN3O3S. The van der Waals surface area contributed by atoms with E-state index in [9.17, 15) is 5.11 Å². The zero-order chi connectivity index (χ0) is 15.1. The highest BCUT2D eigenvalue weighted by atomic mass is 35.5. The van der Waals surface area contributed by atoms with E-state index in [0.29, 0.717) is 18.2 Å². The third kappa shape index (κ3) is 5.37. The van der Waals surface area contributed by atoms with Crippen LogP contribution in [-0.4, -0.2) is 30.6 Å². The molecule has 0 atom stereocenters. The molecule has 0 unspecified atom stereocenters. The molecule has 0 bridgehead atoms. The van der Waals surface area contributed by atoms with Gasteiger partial charge in [0.2, 0.25) is 11.8 Å². The van der Waals surface area contributed by atoms with Gasteiger partial charge in [-0.15, -0.1) is 11.8 Å². The van der Waals surface area contributed by atoms with Crippen molar-refractivity contribution in [3.05, 3.63) is 35.5 Å². The van der Waals surface area contributed by atoms with Crippen molar-refractivity contribution in [2.45, 2.75) is 11.4 Å². The van der Waals surface area contributed by atoms with Crippen molar-refractivity contribution < 1.29 is 19.0 Å². The molecule has 0 N–H and O–H groups in total. The van der Waals surface area contributed by atoms with Crippen molar-refractivity contribution in [2.75, 3.05) is 19.5 Å². The first kappa shape index (κ1) is 15.8. The third-order valence-corrected chi connectivity index (χ3v) is 3.68. The van der Waals surface area contributed by atoms with Gasteiger partial charge in [0.15, 0.2) is 0 Å². The molecule has 0 saturated carbocycles. The normalized spacial score (nSPS) is 11.8. The van der Waals surface area contributed by atoms with Crippen LogP contribution in [0, 0.1) is 0 Å². The van der Waals surface area contributed by atoms with Crippen LogP contribution in [0.15, 0.2) is 44.9 Å². The van der Waals surface area contributed by atoms with Gasteiger partial charge in [0.1, 0.15) is 6.61 Å². The van der Waals surface area contributed by atoms with E-state index in [2.05, 4.69) is 10.3 Å². The lowest BCUT2D eigenvalue weighted by Crippen LogP contribution is -2.36. The van der Waals surface area contributed by atoms with E-state index in [-0.39, 0.29) is 17.5 Å². The second-order valence-corrected chi connectivity index (χ2v) is 5.53. The fourth-order valence-corrected chi connectivity index (χ4v) is 2.25. The number of aromatic nitrogens is 2. The van der Waals surface area contributed by atoms with Crippen molar-refractivity contribution >= 4 is 35.1 Å². The van der Waals surface area contributed by atoms with Crippen molar-refractivity contribution in [3.63, 3.8) is 0 Å². The third-order valence-electron chi connectivity index (χ3n) is 2.43. The number of thioether (sulfide) groups is 1. The monoisotopic (exact) mass is 327 g/mol. The van der Waals surface area contributed by atoms with Crippen molar-refractivity contribution in [1.29, 1.82) is 0 Å². The summed E-state index contributed by atoms with van der Waals surface area (Å²) in [5, 5.41) is 16.1. The molecular weight excluding hydrogens is 314 g/mol. The van der Waals surface area contributed by atoms with E-state index in [4.69, 9.17) is 20.9 Å². The Labute approximate surface area is 131 Å². The number of methoxy groups -OCH3 is 1. The molecule has 2 aromatic rings. The lowest BCUT2D eigenvalue weighted by Gasteiger charge is -2.08. The number of ether oxygens (including phenoxy) is 1. The van der Waals surface area contributed by atoms with Crippen LogP contribution in [0.1, 0.15) is 0 Å². The minimum atomic E-state index is -0.287. The molecule has 0 fully saturated rings. The van der Waals surface area contributed by atoms with Gasteiger partial charge < -0.3 is 9.84 Å². The number of hydrogen-bond acceptors (Lipinski definition) is 6. The maximum Gasteiger partial charge on any atom is 0.320 e. The van der Waals surface area contributed by atoms with Gasteiger partial charge in [0.05, 0.1) is 0 Å². The predicted molar refractivity (Wildman–Crippen MR) is 77.8 cm³/mol. The van der Waals surface area contributed by atoms with Crippen LogP contribution in [0.2, 0.25) is 5.02 Å². The maximum atomic E-state index is 11.7. The van der Waals surface area contributed by atoms with Crippen LogP contribution in [0.5, 0.6) is 0 Å². The summed E-state index contributed by atoms with van der Waals surface area (Å²) < 4.78 is 11.4. The lowest BCUT2D eigenvalue weighted by molar-refractivity contribution is -0.763. The summed E-state index contributed by atoms with van der Waals surface area (Å²) in [6, 6.07) is 7.27. The first-order chi connectivity index (χ1) is 10.2. The van der Waals surface area contributed by atoms with E-state index < -0.39 is 0 Å². The first-order valence-corrected chi connectivity index (χ1v) is 7.52. The molecule has 1 heterocycles. The van der Waals surface area contributed by atoms with Gasteiger partial charge in [-0.3, -0.25) is 4.52 Å². The smallest absolute Gasteiger partial charge is 0.320 e. The van der Waals surface area contributed by atoms with Gasteiger partial charge in [0.25, 0.3) is 6.20 Å². The average Bonchev–Trinajstić information content (AvgIpc) is 2.92. The van der Waals surface area contributed by atoms with E-state index in [1.54, 1.807) is 25.4 Å². The molecule has 6 nitrogen and oxygen atoms in total. The second-order valence-electron chi connectivity index (χ2n) is 4.04. The average molecular weight is 328 g/mol. The molecule has 1 aromatic carbocycles. The summed E-state index contributed by atoms with van der Waals surface area (Å²) in [6.45, 7) is 1.06. The zero-order valence-corrected chi connectivity index (χ0v) is 12.9. The quantitative estimate of drug-likeness (QED) is 0.333. The van der Waals surface area contributed by atoms with Gasteiger partial charge in [-0.25, -0.2) is 4.99 Å². The molecule has 8 heteroatoms. The summed E-state index contributed by atoms with van der Waals surface area (Å²) in [5.74, 6) is 0.123. The van der Waals surface area contributed by atoms with E-state index >= 15 is 0 Å². The summed E-state index contributed by atoms with van der Waals surface area (Å²) in [4.78, 5) is 4.80. The van der Waals surface area contributed by atoms with Gasteiger partial charge in [-0.05, 0) is 34.8 Å². The molecule has 0 amide bonds. The number of halogens is 1. The van der Waals surface area contributed by atoms with Gasteiger partial charge >= 0.3 is 5.88 Å². The van der Waals surface area contributed by atoms with Crippen molar-refractivity contribution in [1.82, 2.24) is 5.27 Å². The molecule has 0 radical (unpaired) electrons. The fraction of sp³-hybridized carbons (Fsp3) is 0.308. The largest absolute Gasteiger partial charge is 0.861 e. The number of rotatable bonds is 7. The summed E-state index contributed by atoms with van der Waals surface area (Å²) in [5.41, 5.74) is 0. The molecule has 0 saturated heterocycles. The Kier molecular flexibility index (Phi) is 6.04. The summed E-state index contributed by atoms with van der Waals surface area (Å²) in [7, 11) is 1.60. The fourth-order valence-electron chi connectivity index (χ4n) is 1.44. The molecule has 0 aliphatic rings. The van der Waals surface area contributed by atoms with Crippen LogP contribution < -0.4 is 9.79 Å². The summed E-state index contributed by atoms with van der Waals surface area (Å²) >= 11 is 7.18. The molecule has 0 spiro atoms. The van der Waals surface area contributed by atoms with E-state index in [1.807, 2.05) is 12.1 Å². The van der Waals surface area contributed by atoms with Crippen LogP contribution in [-0.2, 0) is 11.3 Å². The Morgan fingerprint density at radius 2 is 2.24 bits per heavy atom.